The van der Waals surface area contributed by atoms with Crippen LogP contribution in [0.3, 0.4) is 0 Å². The molecule has 0 saturated heterocycles. The zero-order chi connectivity index (χ0) is 15.1. The molecule has 22 heavy (non-hydrogen) atoms. The van der Waals surface area contributed by atoms with Crippen molar-refractivity contribution in [2.24, 2.45) is 0 Å². The number of fused-ring (bicyclic) bond motifs is 1. The first-order valence-corrected chi connectivity index (χ1v) is 8.10. The van der Waals surface area contributed by atoms with Crippen molar-refractivity contribution in [3.05, 3.63) is 58.3 Å². The number of thioether (sulfide) groups is 1. The van der Waals surface area contributed by atoms with Crippen molar-refractivity contribution in [2.75, 3.05) is 5.43 Å². The van der Waals surface area contributed by atoms with Gasteiger partial charge in [0.25, 0.3) is 0 Å². The first-order valence-electron chi connectivity index (χ1n) is 6.47. The zero-order valence-corrected chi connectivity index (χ0v) is 13.4. The number of hydrogen-bond donors (Lipinski definition) is 1. The van der Waals surface area contributed by atoms with Crippen LogP contribution in [0.2, 0.25) is 10.0 Å². The van der Waals surface area contributed by atoms with Crippen LogP contribution in [-0.4, -0.2) is 19.9 Å². The monoisotopic (exact) mass is 349 g/mol. The molecule has 1 N–H and O–H groups in total. The first kappa shape index (κ1) is 13.9. The number of aromatic nitrogens is 4. The second kappa shape index (κ2) is 5.46. The lowest BCUT2D eigenvalue weighted by Gasteiger charge is -2.15. The van der Waals surface area contributed by atoms with E-state index in [1.165, 1.54) is 11.8 Å². The Hall–Kier alpha value is -1.76. The minimum absolute atomic E-state index is 0.104. The van der Waals surface area contributed by atoms with Crippen molar-refractivity contribution < 1.29 is 0 Å². The van der Waals surface area contributed by atoms with Gasteiger partial charge in [-0.05, 0) is 24.3 Å². The van der Waals surface area contributed by atoms with E-state index in [4.69, 9.17) is 23.2 Å². The topological polar surface area (TPSA) is 55.6 Å². The Bertz CT molecular complexity index is 816. The van der Waals surface area contributed by atoms with Gasteiger partial charge in [0.1, 0.15) is 5.37 Å². The minimum atomic E-state index is -0.104. The Kier molecular flexibility index (Phi) is 3.44. The molecular weight excluding hydrogens is 341 g/mol. The number of pyridine rings is 1. The fourth-order valence-corrected chi connectivity index (χ4v) is 4.10. The van der Waals surface area contributed by atoms with Gasteiger partial charge in [0.15, 0.2) is 5.82 Å². The number of nitrogens with zero attached hydrogens (tertiary/aromatic N) is 4. The normalized spacial score (nSPS) is 16.4. The van der Waals surface area contributed by atoms with E-state index in [2.05, 4.69) is 20.6 Å². The molecular formula is C14H9Cl2N5S. The highest BCUT2D eigenvalue weighted by Crippen LogP contribution is 2.44. The van der Waals surface area contributed by atoms with Crippen LogP contribution in [0.4, 0.5) is 0 Å². The molecule has 1 aromatic carbocycles. The highest BCUT2D eigenvalue weighted by molar-refractivity contribution is 7.99. The Morgan fingerprint density at radius 1 is 1.05 bits per heavy atom. The average Bonchev–Trinajstić information content (AvgIpc) is 3.08. The highest BCUT2D eigenvalue weighted by atomic mass is 35.5. The van der Waals surface area contributed by atoms with Gasteiger partial charge < -0.3 is 5.43 Å². The molecule has 0 bridgehead atoms. The maximum Gasteiger partial charge on any atom is 0.212 e. The maximum absolute atomic E-state index is 6.28. The summed E-state index contributed by atoms with van der Waals surface area (Å²) in [6.07, 6.45) is 3.45. The third-order valence-corrected chi connectivity index (χ3v) is 5.01. The molecule has 1 atom stereocenters. The van der Waals surface area contributed by atoms with Crippen LogP contribution in [0.15, 0.2) is 47.9 Å². The third-order valence-electron chi connectivity index (χ3n) is 3.30. The van der Waals surface area contributed by atoms with E-state index in [9.17, 15) is 0 Å². The number of rotatable bonds is 2. The van der Waals surface area contributed by atoms with Gasteiger partial charge in [0.2, 0.25) is 5.16 Å². The molecule has 110 valence electrons. The molecule has 0 fully saturated rings. The Morgan fingerprint density at radius 2 is 1.77 bits per heavy atom. The Balaban J connectivity index is 1.72. The van der Waals surface area contributed by atoms with Crippen molar-refractivity contribution >= 4 is 35.0 Å². The van der Waals surface area contributed by atoms with Gasteiger partial charge in [-0.15, -0.1) is 10.2 Å². The SMILES string of the molecule is Clc1cccc(Cl)c1C1Nn2c(nnc2-c2ccncc2)S1. The van der Waals surface area contributed by atoms with Crippen molar-refractivity contribution in [1.29, 1.82) is 0 Å². The van der Waals surface area contributed by atoms with E-state index in [0.717, 1.165) is 22.1 Å². The second-order valence-electron chi connectivity index (χ2n) is 4.64. The summed E-state index contributed by atoms with van der Waals surface area (Å²) in [7, 11) is 0. The van der Waals surface area contributed by atoms with E-state index in [1.54, 1.807) is 12.4 Å². The molecule has 3 heterocycles. The third kappa shape index (κ3) is 2.24. The lowest BCUT2D eigenvalue weighted by molar-refractivity contribution is 0.792. The van der Waals surface area contributed by atoms with Crippen LogP contribution >= 0.6 is 35.0 Å². The summed E-state index contributed by atoms with van der Waals surface area (Å²) in [5.74, 6) is 0.732. The van der Waals surface area contributed by atoms with Gasteiger partial charge in [0, 0.05) is 33.6 Å². The summed E-state index contributed by atoms with van der Waals surface area (Å²) in [4.78, 5) is 4.02. The summed E-state index contributed by atoms with van der Waals surface area (Å²) in [5, 5.41) is 10.4. The molecule has 5 nitrogen and oxygen atoms in total. The average molecular weight is 350 g/mol. The molecule has 1 unspecified atom stereocenters. The first-order chi connectivity index (χ1) is 10.7. The molecule has 0 radical (unpaired) electrons. The van der Waals surface area contributed by atoms with Gasteiger partial charge in [-0.3, -0.25) is 4.98 Å². The zero-order valence-electron chi connectivity index (χ0n) is 11.1. The van der Waals surface area contributed by atoms with Gasteiger partial charge in [-0.2, -0.15) is 0 Å². The van der Waals surface area contributed by atoms with Gasteiger partial charge >= 0.3 is 0 Å². The second-order valence-corrected chi connectivity index (χ2v) is 6.53. The number of halogens is 2. The maximum atomic E-state index is 6.28. The summed E-state index contributed by atoms with van der Waals surface area (Å²) >= 11 is 14.1. The van der Waals surface area contributed by atoms with Gasteiger partial charge in [0.05, 0.1) is 0 Å². The van der Waals surface area contributed by atoms with E-state index in [1.807, 2.05) is 35.0 Å². The van der Waals surface area contributed by atoms with Crippen LogP contribution in [0.25, 0.3) is 11.4 Å². The number of hydrogen-bond acceptors (Lipinski definition) is 5. The number of nitrogens with one attached hydrogen (secondary N) is 1. The van der Waals surface area contributed by atoms with Gasteiger partial charge in [-0.25, -0.2) is 4.68 Å². The van der Waals surface area contributed by atoms with Crippen molar-refractivity contribution in [3.8, 4) is 11.4 Å². The van der Waals surface area contributed by atoms with Crippen LogP contribution in [0.1, 0.15) is 10.9 Å². The lowest BCUT2D eigenvalue weighted by atomic mass is 10.2. The molecule has 0 spiro atoms. The van der Waals surface area contributed by atoms with E-state index in [0.29, 0.717) is 10.0 Å². The molecule has 0 aliphatic carbocycles. The molecule has 0 amide bonds. The Labute approximate surface area is 140 Å². The summed E-state index contributed by atoms with van der Waals surface area (Å²) in [6, 6.07) is 9.26. The molecule has 1 aliphatic heterocycles. The summed E-state index contributed by atoms with van der Waals surface area (Å²) in [5.41, 5.74) is 5.13. The smallest absolute Gasteiger partial charge is 0.212 e. The van der Waals surface area contributed by atoms with E-state index in [-0.39, 0.29) is 5.37 Å². The highest BCUT2D eigenvalue weighted by Gasteiger charge is 2.30. The largest absolute Gasteiger partial charge is 0.304 e. The summed E-state index contributed by atoms with van der Waals surface area (Å²) in [6.45, 7) is 0. The van der Waals surface area contributed by atoms with Crippen LogP contribution in [0.5, 0.6) is 0 Å². The fourth-order valence-electron chi connectivity index (χ4n) is 2.28. The molecule has 1 aliphatic rings. The quantitative estimate of drug-likeness (QED) is 0.757. The van der Waals surface area contributed by atoms with Crippen LogP contribution in [-0.2, 0) is 0 Å². The van der Waals surface area contributed by atoms with Crippen molar-refractivity contribution in [1.82, 2.24) is 19.9 Å². The minimum Gasteiger partial charge on any atom is -0.304 e. The molecule has 3 aromatic rings. The van der Waals surface area contributed by atoms with E-state index >= 15 is 0 Å². The Morgan fingerprint density at radius 3 is 2.50 bits per heavy atom. The lowest BCUT2D eigenvalue weighted by Crippen LogP contribution is -2.14. The van der Waals surface area contributed by atoms with Crippen molar-refractivity contribution in [3.63, 3.8) is 0 Å². The summed E-state index contributed by atoms with van der Waals surface area (Å²) < 4.78 is 1.85. The molecule has 4 rings (SSSR count). The molecule has 0 saturated carbocycles. The van der Waals surface area contributed by atoms with Crippen LogP contribution in [0, 0.1) is 0 Å². The molecule has 2 aromatic heterocycles. The number of benzene rings is 1. The molecule has 8 heteroatoms. The van der Waals surface area contributed by atoms with Crippen molar-refractivity contribution in [2.45, 2.75) is 10.5 Å². The van der Waals surface area contributed by atoms with Crippen LogP contribution < -0.4 is 5.43 Å². The predicted octanol–water partition coefficient (Wildman–Crippen LogP) is 3.99. The van der Waals surface area contributed by atoms with Gasteiger partial charge in [-0.1, -0.05) is 41.0 Å². The standard InChI is InChI=1S/C14H9Cl2N5S/c15-9-2-1-3-10(16)11(9)13-20-21-12(18-19-14(21)22-13)8-4-6-17-7-5-8/h1-7,13,20H. The fraction of sp³-hybridized carbons (Fsp3) is 0.0714. The van der Waals surface area contributed by atoms with E-state index < -0.39 is 0 Å². The predicted molar refractivity (Wildman–Crippen MR) is 87.7 cm³/mol.